The molecule has 4 N–H and O–H groups in total. The van der Waals surface area contributed by atoms with Crippen LogP contribution in [0.1, 0.15) is 25.8 Å². The van der Waals surface area contributed by atoms with Gasteiger partial charge in [-0.15, -0.1) is 0 Å². The highest BCUT2D eigenvalue weighted by molar-refractivity contribution is 5.77. The molecule has 1 rings (SSSR count). The molecule has 0 saturated carbocycles. The number of rotatable bonds is 7. The largest absolute Gasteiger partial charge is 0.481 e. The number of aliphatic carboxylic acids is 1. The number of hydrogen-bond acceptors (Lipinski definition) is 3. The summed E-state index contributed by atoms with van der Waals surface area (Å²) in [5.74, 6) is -1.56. The summed E-state index contributed by atoms with van der Waals surface area (Å²) in [6.45, 7) is 3.84. The highest BCUT2D eigenvalue weighted by atomic mass is 16.4. The Balaban J connectivity index is 2.36. The number of aryl methyl sites for hydroxylation is 1. The van der Waals surface area contributed by atoms with Gasteiger partial charge in [-0.2, -0.15) is 0 Å². The Morgan fingerprint density at radius 3 is 2.35 bits per heavy atom. The van der Waals surface area contributed by atoms with Crippen molar-refractivity contribution in [2.24, 2.45) is 11.8 Å². The van der Waals surface area contributed by atoms with Gasteiger partial charge in [0.05, 0.1) is 5.92 Å². The lowest BCUT2D eigenvalue weighted by atomic mass is 9.96. The standard InChI is InChI=1S/C15H22N2O3/c1-10(2)13(15(19)20)9-17-14(18)8-5-11-3-6-12(16)7-4-11/h3-4,6-7,10,13H,5,8-9,16H2,1-2H3,(H,17,18)(H,19,20). The molecule has 1 amide bonds. The predicted molar refractivity (Wildman–Crippen MR) is 78.1 cm³/mol. The van der Waals surface area contributed by atoms with E-state index in [1.165, 1.54) is 0 Å². The number of amides is 1. The molecular weight excluding hydrogens is 256 g/mol. The van der Waals surface area contributed by atoms with Crippen LogP contribution in [0.4, 0.5) is 5.69 Å². The van der Waals surface area contributed by atoms with Gasteiger partial charge in [0.1, 0.15) is 0 Å². The Bertz CT molecular complexity index is 455. The van der Waals surface area contributed by atoms with Gasteiger partial charge in [-0.1, -0.05) is 26.0 Å². The van der Waals surface area contributed by atoms with Crippen molar-refractivity contribution in [3.63, 3.8) is 0 Å². The van der Waals surface area contributed by atoms with Crippen LogP contribution < -0.4 is 11.1 Å². The zero-order valence-corrected chi connectivity index (χ0v) is 11.9. The summed E-state index contributed by atoms with van der Waals surface area (Å²) in [5.41, 5.74) is 7.31. The van der Waals surface area contributed by atoms with Gasteiger partial charge in [-0.05, 0) is 30.0 Å². The first-order chi connectivity index (χ1) is 9.40. The summed E-state index contributed by atoms with van der Waals surface area (Å²) in [7, 11) is 0. The van der Waals surface area contributed by atoms with Crippen molar-refractivity contribution in [2.75, 3.05) is 12.3 Å². The third-order valence-corrected chi connectivity index (χ3v) is 3.26. The van der Waals surface area contributed by atoms with Crippen LogP contribution in [0.2, 0.25) is 0 Å². The second-order valence-electron chi connectivity index (χ2n) is 5.23. The van der Waals surface area contributed by atoms with Gasteiger partial charge in [-0.3, -0.25) is 9.59 Å². The van der Waals surface area contributed by atoms with E-state index >= 15 is 0 Å². The number of carbonyl (C=O) groups excluding carboxylic acids is 1. The maximum atomic E-state index is 11.7. The summed E-state index contributed by atoms with van der Waals surface area (Å²) < 4.78 is 0. The Morgan fingerprint density at radius 1 is 1.25 bits per heavy atom. The van der Waals surface area contributed by atoms with Crippen molar-refractivity contribution in [2.45, 2.75) is 26.7 Å². The quantitative estimate of drug-likeness (QED) is 0.661. The van der Waals surface area contributed by atoms with Crippen LogP contribution in [-0.4, -0.2) is 23.5 Å². The van der Waals surface area contributed by atoms with E-state index in [9.17, 15) is 9.59 Å². The van der Waals surface area contributed by atoms with Crippen molar-refractivity contribution in [3.8, 4) is 0 Å². The Labute approximate surface area is 119 Å². The van der Waals surface area contributed by atoms with E-state index in [2.05, 4.69) is 5.32 Å². The van der Waals surface area contributed by atoms with Crippen molar-refractivity contribution in [1.82, 2.24) is 5.32 Å². The van der Waals surface area contributed by atoms with Crippen LogP contribution in [0.25, 0.3) is 0 Å². The minimum atomic E-state index is -0.876. The molecule has 0 bridgehead atoms. The highest BCUT2D eigenvalue weighted by Gasteiger charge is 2.21. The normalized spacial score (nSPS) is 12.2. The summed E-state index contributed by atoms with van der Waals surface area (Å²) in [5, 5.41) is 11.7. The van der Waals surface area contributed by atoms with E-state index in [-0.39, 0.29) is 18.4 Å². The number of carboxylic acid groups (broad SMARTS) is 1. The first-order valence-corrected chi connectivity index (χ1v) is 6.74. The van der Waals surface area contributed by atoms with Gasteiger partial charge in [0.25, 0.3) is 0 Å². The van der Waals surface area contributed by atoms with Crippen LogP contribution in [0, 0.1) is 11.8 Å². The minimum Gasteiger partial charge on any atom is -0.481 e. The molecule has 1 atom stereocenters. The first-order valence-electron chi connectivity index (χ1n) is 6.74. The Morgan fingerprint density at radius 2 is 1.85 bits per heavy atom. The van der Waals surface area contributed by atoms with Crippen molar-refractivity contribution in [3.05, 3.63) is 29.8 Å². The Kier molecular flexibility index (Phi) is 6.03. The van der Waals surface area contributed by atoms with E-state index in [4.69, 9.17) is 10.8 Å². The topological polar surface area (TPSA) is 92.4 Å². The van der Waals surface area contributed by atoms with E-state index < -0.39 is 11.9 Å². The molecule has 1 aromatic rings. The molecule has 0 saturated heterocycles. The molecule has 0 fully saturated rings. The van der Waals surface area contributed by atoms with Crippen LogP contribution in [0.3, 0.4) is 0 Å². The third kappa shape index (κ3) is 5.30. The van der Waals surface area contributed by atoms with E-state index in [0.717, 1.165) is 5.56 Å². The van der Waals surface area contributed by atoms with Crippen molar-refractivity contribution in [1.29, 1.82) is 0 Å². The molecule has 110 valence electrons. The molecular formula is C15H22N2O3. The molecule has 5 heteroatoms. The van der Waals surface area contributed by atoms with Gasteiger partial charge in [-0.25, -0.2) is 0 Å². The van der Waals surface area contributed by atoms with Gasteiger partial charge in [0.15, 0.2) is 0 Å². The molecule has 0 spiro atoms. The number of carboxylic acids is 1. The Hall–Kier alpha value is -2.04. The summed E-state index contributed by atoms with van der Waals surface area (Å²) in [6.07, 6.45) is 0.958. The number of anilines is 1. The van der Waals surface area contributed by atoms with Gasteiger partial charge in [0.2, 0.25) is 5.91 Å². The number of hydrogen-bond donors (Lipinski definition) is 3. The molecule has 20 heavy (non-hydrogen) atoms. The maximum Gasteiger partial charge on any atom is 0.308 e. The average molecular weight is 278 g/mol. The summed E-state index contributed by atoms with van der Waals surface area (Å²) in [4.78, 5) is 22.7. The monoisotopic (exact) mass is 278 g/mol. The molecule has 0 radical (unpaired) electrons. The zero-order chi connectivity index (χ0) is 15.1. The third-order valence-electron chi connectivity index (χ3n) is 3.26. The van der Waals surface area contributed by atoms with Crippen LogP contribution in [0.15, 0.2) is 24.3 Å². The smallest absolute Gasteiger partial charge is 0.308 e. The lowest BCUT2D eigenvalue weighted by Gasteiger charge is -2.16. The number of nitrogen functional groups attached to an aromatic ring is 1. The number of carbonyl (C=O) groups is 2. The second kappa shape index (κ2) is 7.53. The van der Waals surface area contributed by atoms with Gasteiger partial charge < -0.3 is 16.2 Å². The van der Waals surface area contributed by atoms with Crippen molar-refractivity contribution < 1.29 is 14.7 Å². The lowest BCUT2D eigenvalue weighted by Crippen LogP contribution is -2.35. The zero-order valence-electron chi connectivity index (χ0n) is 11.9. The fourth-order valence-corrected chi connectivity index (χ4v) is 1.86. The number of nitrogens with one attached hydrogen (secondary N) is 1. The number of benzene rings is 1. The van der Waals surface area contributed by atoms with Crippen LogP contribution >= 0.6 is 0 Å². The highest BCUT2D eigenvalue weighted by Crippen LogP contribution is 2.10. The molecule has 1 unspecified atom stereocenters. The van der Waals surface area contributed by atoms with Crippen LogP contribution in [-0.2, 0) is 16.0 Å². The minimum absolute atomic E-state index is 0.00935. The maximum absolute atomic E-state index is 11.7. The molecule has 1 aromatic carbocycles. The first kappa shape index (κ1) is 16.0. The van der Waals surface area contributed by atoms with Crippen molar-refractivity contribution >= 4 is 17.6 Å². The summed E-state index contributed by atoms with van der Waals surface area (Å²) >= 11 is 0. The second-order valence-corrected chi connectivity index (χ2v) is 5.23. The van der Waals surface area contributed by atoms with Gasteiger partial charge in [0, 0.05) is 18.7 Å². The van der Waals surface area contributed by atoms with Crippen LogP contribution in [0.5, 0.6) is 0 Å². The molecule has 0 aliphatic heterocycles. The number of nitrogens with two attached hydrogens (primary N) is 1. The SMILES string of the molecule is CC(C)C(CNC(=O)CCc1ccc(N)cc1)C(=O)O. The summed E-state index contributed by atoms with van der Waals surface area (Å²) in [6, 6.07) is 7.37. The molecule has 0 heterocycles. The fourth-order valence-electron chi connectivity index (χ4n) is 1.86. The average Bonchev–Trinajstić information content (AvgIpc) is 2.37. The molecule has 0 aromatic heterocycles. The molecule has 0 aliphatic rings. The molecule has 5 nitrogen and oxygen atoms in total. The van der Waals surface area contributed by atoms with E-state index in [1.54, 1.807) is 12.1 Å². The molecule has 0 aliphatic carbocycles. The predicted octanol–water partition coefficient (Wildman–Crippen LogP) is 1.67. The van der Waals surface area contributed by atoms with E-state index in [0.29, 0.717) is 18.5 Å². The van der Waals surface area contributed by atoms with Gasteiger partial charge >= 0.3 is 5.97 Å². The lowest BCUT2D eigenvalue weighted by molar-refractivity contribution is -0.143. The fraction of sp³-hybridized carbons (Fsp3) is 0.467. The van der Waals surface area contributed by atoms with E-state index in [1.807, 2.05) is 26.0 Å².